The van der Waals surface area contributed by atoms with Gasteiger partial charge in [-0.3, -0.25) is 0 Å². The fraction of sp³-hybridized carbons (Fsp3) is 0.300. The van der Waals surface area contributed by atoms with Crippen molar-refractivity contribution >= 4 is 0 Å². The second-order valence-corrected chi connectivity index (χ2v) is 3.23. The zero-order valence-corrected chi connectivity index (χ0v) is 8.93. The molecule has 0 aliphatic heterocycles. The molecule has 0 fully saturated rings. The van der Waals surface area contributed by atoms with Gasteiger partial charge in [0.2, 0.25) is 5.88 Å². The molecule has 0 bridgehead atoms. The van der Waals surface area contributed by atoms with E-state index >= 15 is 0 Å². The van der Waals surface area contributed by atoms with Crippen molar-refractivity contribution < 1.29 is 4.74 Å². The lowest BCUT2D eigenvalue weighted by molar-refractivity contribution is 0.398. The third-order valence-electron chi connectivity index (χ3n) is 2.07. The summed E-state index contributed by atoms with van der Waals surface area (Å²) in [5, 5.41) is 8.22. The molecule has 0 N–H and O–H groups in total. The molecule has 0 atom stereocenters. The fourth-order valence-electron chi connectivity index (χ4n) is 1.35. The first-order valence-corrected chi connectivity index (χ1v) is 4.59. The van der Waals surface area contributed by atoms with Gasteiger partial charge < -0.3 is 4.74 Å². The summed E-state index contributed by atoms with van der Waals surface area (Å²) < 4.78 is 5.20. The average molecular weight is 204 g/mol. The van der Waals surface area contributed by atoms with Gasteiger partial charge in [0.05, 0.1) is 18.9 Å². The van der Waals surface area contributed by atoms with Crippen LogP contribution in [0.5, 0.6) is 5.88 Å². The number of hydrogen-bond donors (Lipinski definition) is 0. The van der Waals surface area contributed by atoms with Gasteiger partial charge in [0.25, 0.3) is 0 Å². The van der Waals surface area contributed by atoms with Crippen LogP contribution in [0.1, 0.15) is 5.69 Å². The molecule has 2 heterocycles. The molecule has 0 saturated carbocycles. The van der Waals surface area contributed by atoms with Crippen molar-refractivity contribution in [1.82, 2.24) is 20.0 Å². The summed E-state index contributed by atoms with van der Waals surface area (Å²) in [5.74, 6) is 0.579. The molecule has 0 radical (unpaired) electrons. The van der Waals surface area contributed by atoms with E-state index in [1.807, 2.05) is 19.1 Å². The van der Waals surface area contributed by atoms with Gasteiger partial charge in [-0.05, 0) is 19.1 Å². The summed E-state index contributed by atoms with van der Waals surface area (Å²) in [6.07, 6.45) is 1.69. The Labute approximate surface area is 87.7 Å². The smallest absolute Gasteiger partial charge is 0.223 e. The molecule has 0 aliphatic rings. The highest BCUT2D eigenvalue weighted by molar-refractivity contribution is 5.63. The molecule has 0 saturated heterocycles. The van der Waals surface area contributed by atoms with E-state index in [0.717, 1.165) is 17.0 Å². The van der Waals surface area contributed by atoms with Gasteiger partial charge in [0.1, 0.15) is 5.69 Å². The van der Waals surface area contributed by atoms with Crippen molar-refractivity contribution in [3.05, 3.63) is 24.0 Å². The Balaban J connectivity index is 2.52. The molecule has 0 spiro atoms. The minimum absolute atomic E-state index is 0.579. The highest BCUT2D eigenvalue weighted by Crippen LogP contribution is 2.25. The summed E-state index contributed by atoms with van der Waals surface area (Å²) >= 11 is 0. The van der Waals surface area contributed by atoms with Crippen LogP contribution >= 0.6 is 0 Å². The van der Waals surface area contributed by atoms with E-state index in [9.17, 15) is 0 Å². The maximum Gasteiger partial charge on any atom is 0.223 e. The molecule has 0 aromatic carbocycles. The standard InChI is InChI=1S/C10H12N4O/c1-7-4-5-8(10(12-7)15-3)9-6-11-14(2)13-9/h4-6H,1-3H3. The monoisotopic (exact) mass is 204 g/mol. The first-order valence-electron chi connectivity index (χ1n) is 4.59. The van der Waals surface area contributed by atoms with E-state index in [4.69, 9.17) is 4.74 Å². The number of ether oxygens (including phenoxy) is 1. The summed E-state index contributed by atoms with van der Waals surface area (Å²) in [6, 6.07) is 3.86. The SMILES string of the molecule is COc1nc(C)ccc1-c1cnn(C)n1. The van der Waals surface area contributed by atoms with Gasteiger partial charge in [0, 0.05) is 12.7 Å². The minimum atomic E-state index is 0.579. The third-order valence-corrected chi connectivity index (χ3v) is 2.07. The van der Waals surface area contributed by atoms with Crippen molar-refractivity contribution in [2.75, 3.05) is 7.11 Å². The number of rotatable bonds is 2. The van der Waals surface area contributed by atoms with Crippen molar-refractivity contribution in [3.8, 4) is 17.1 Å². The van der Waals surface area contributed by atoms with Crippen molar-refractivity contribution in [3.63, 3.8) is 0 Å². The van der Waals surface area contributed by atoms with Crippen LogP contribution in [0, 0.1) is 6.92 Å². The zero-order valence-electron chi connectivity index (χ0n) is 8.93. The van der Waals surface area contributed by atoms with E-state index in [1.165, 1.54) is 4.80 Å². The topological polar surface area (TPSA) is 52.8 Å². The normalized spacial score (nSPS) is 10.3. The summed E-state index contributed by atoms with van der Waals surface area (Å²) in [6.45, 7) is 1.92. The Morgan fingerprint density at radius 1 is 1.33 bits per heavy atom. The molecule has 0 unspecified atom stereocenters. The van der Waals surface area contributed by atoms with Crippen LogP contribution in [-0.4, -0.2) is 27.1 Å². The van der Waals surface area contributed by atoms with Gasteiger partial charge in [-0.15, -0.1) is 0 Å². The second-order valence-electron chi connectivity index (χ2n) is 3.23. The Morgan fingerprint density at radius 2 is 2.13 bits per heavy atom. The highest BCUT2D eigenvalue weighted by Gasteiger charge is 2.10. The Kier molecular flexibility index (Phi) is 2.37. The van der Waals surface area contributed by atoms with Gasteiger partial charge in [-0.2, -0.15) is 15.0 Å². The molecule has 0 aliphatic carbocycles. The predicted octanol–water partition coefficient (Wildman–Crippen LogP) is 1.19. The number of aryl methyl sites for hydroxylation is 2. The van der Waals surface area contributed by atoms with Crippen LogP contribution in [0.2, 0.25) is 0 Å². The van der Waals surface area contributed by atoms with Crippen molar-refractivity contribution in [1.29, 1.82) is 0 Å². The molecule has 2 rings (SSSR count). The van der Waals surface area contributed by atoms with E-state index in [-0.39, 0.29) is 0 Å². The minimum Gasteiger partial charge on any atom is -0.480 e. The maximum absolute atomic E-state index is 5.20. The number of hydrogen-bond acceptors (Lipinski definition) is 4. The Bertz CT molecular complexity index is 478. The van der Waals surface area contributed by atoms with Crippen LogP contribution in [0.4, 0.5) is 0 Å². The van der Waals surface area contributed by atoms with Crippen LogP contribution in [0.3, 0.4) is 0 Å². The van der Waals surface area contributed by atoms with Crippen LogP contribution < -0.4 is 4.74 Å². The van der Waals surface area contributed by atoms with E-state index in [1.54, 1.807) is 20.4 Å². The van der Waals surface area contributed by atoms with E-state index in [2.05, 4.69) is 15.2 Å². The van der Waals surface area contributed by atoms with Gasteiger partial charge in [0.15, 0.2) is 0 Å². The molecule has 2 aromatic heterocycles. The molecular weight excluding hydrogens is 192 g/mol. The van der Waals surface area contributed by atoms with Crippen LogP contribution in [0.15, 0.2) is 18.3 Å². The largest absolute Gasteiger partial charge is 0.480 e. The van der Waals surface area contributed by atoms with Gasteiger partial charge >= 0.3 is 0 Å². The molecular formula is C10H12N4O. The molecule has 2 aromatic rings. The van der Waals surface area contributed by atoms with Gasteiger partial charge in [-0.25, -0.2) is 4.98 Å². The molecule has 5 nitrogen and oxygen atoms in total. The lowest BCUT2D eigenvalue weighted by Crippen LogP contribution is -1.95. The Morgan fingerprint density at radius 3 is 2.73 bits per heavy atom. The predicted molar refractivity (Wildman–Crippen MR) is 55.5 cm³/mol. The molecule has 78 valence electrons. The van der Waals surface area contributed by atoms with Crippen molar-refractivity contribution in [2.24, 2.45) is 7.05 Å². The summed E-state index contributed by atoms with van der Waals surface area (Å²) in [4.78, 5) is 5.79. The lowest BCUT2D eigenvalue weighted by atomic mass is 10.2. The number of nitrogens with zero attached hydrogens (tertiary/aromatic N) is 4. The van der Waals surface area contributed by atoms with E-state index < -0.39 is 0 Å². The number of pyridine rings is 1. The first-order chi connectivity index (χ1) is 7.20. The molecule has 15 heavy (non-hydrogen) atoms. The van der Waals surface area contributed by atoms with Crippen LogP contribution in [-0.2, 0) is 7.05 Å². The quantitative estimate of drug-likeness (QED) is 0.737. The first kappa shape index (κ1) is 9.64. The fourth-order valence-corrected chi connectivity index (χ4v) is 1.35. The van der Waals surface area contributed by atoms with Crippen LogP contribution in [0.25, 0.3) is 11.3 Å². The summed E-state index contributed by atoms with van der Waals surface area (Å²) in [7, 11) is 3.37. The highest BCUT2D eigenvalue weighted by atomic mass is 16.5. The number of aromatic nitrogens is 4. The maximum atomic E-state index is 5.20. The second kappa shape index (κ2) is 3.68. The third kappa shape index (κ3) is 1.81. The average Bonchev–Trinajstić information content (AvgIpc) is 2.64. The Hall–Kier alpha value is -1.91. The zero-order chi connectivity index (χ0) is 10.8. The summed E-state index contributed by atoms with van der Waals surface area (Å²) in [5.41, 5.74) is 2.54. The lowest BCUT2D eigenvalue weighted by Gasteiger charge is -2.04. The van der Waals surface area contributed by atoms with Crippen molar-refractivity contribution in [2.45, 2.75) is 6.92 Å². The number of methoxy groups -OCH3 is 1. The van der Waals surface area contributed by atoms with Gasteiger partial charge in [-0.1, -0.05) is 0 Å². The molecule has 5 heteroatoms. The molecule has 0 amide bonds. The van der Waals surface area contributed by atoms with E-state index in [0.29, 0.717) is 5.88 Å².